The molecule has 126 valence electrons. The zero-order chi connectivity index (χ0) is 16.5. The number of rotatable bonds is 4. The van der Waals surface area contributed by atoms with E-state index in [2.05, 4.69) is 38.3 Å². The number of benzene rings is 1. The number of H-pyrrole nitrogens is 1. The molecule has 3 heterocycles. The zero-order valence-corrected chi connectivity index (χ0v) is 13.9. The maximum Gasteiger partial charge on any atom is 0.137 e. The minimum atomic E-state index is -0.469. The van der Waals surface area contributed by atoms with Gasteiger partial charge in [-0.2, -0.15) is 5.10 Å². The molecule has 1 fully saturated rings. The zero-order valence-electron chi connectivity index (χ0n) is 13.9. The van der Waals surface area contributed by atoms with Crippen LogP contribution in [0.3, 0.4) is 0 Å². The highest BCUT2D eigenvalue weighted by molar-refractivity contribution is 5.81. The molecular weight excluding hydrogens is 302 g/mol. The van der Waals surface area contributed by atoms with Crippen LogP contribution >= 0.6 is 0 Å². The number of piperidine rings is 1. The Morgan fingerprint density at radius 3 is 2.92 bits per heavy atom. The van der Waals surface area contributed by atoms with Gasteiger partial charge in [0.2, 0.25) is 0 Å². The minimum absolute atomic E-state index is 0.283. The number of nitrogens with zero attached hydrogens (tertiary/aromatic N) is 4. The Kier molecular flexibility index (Phi) is 4.08. The Morgan fingerprint density at radius 1 is 1.33 bits per heavy atom. The van der Waals surface area contributed by atoms with Crippen LogP contribution in [0, 0.1) is 5.92 Å². The number of aromatic amines is 1. The molecule has 0 amide bonds. The average Bonchev–Trinajstić information content (AvgIpc) is 3.24. The second-order valence-electron chi connectivity index (χ2n) is 6.71. The van der Waals surface area contributed by atoms with Gasteiger partial charge < -0.3 is 9.67 Å². The summed E-state index contributed by atoms with van der Waals surface area (Å²) in [7, 11) is 1.94. The van der Waals surface area contributed by atoms with Crippen molar-refractivity contribution in [3.63, 3.8) is 0 Å². The summed E-state index contributed by atoms with van der Waals surface area (Å²) in [5, 5.41) is 19.0. The van der Waals surface area contributed by atoms with Crippen molar-refractivity contribution in [2.75, 3.05) is 13.1 Å². The SMILES string of the molecule is Cn1ccnc1C(O)C1CCN(Cc2cccc3cn[nH]c23)CC1. The van der Waals surface area contributed by atoms with Crippen molar-refractivity contribution >= 4 is 10.9 Å². The first-order valence-corrected chi connectivity index (χ1v) is 8.51. The van der Waals surface area contributed by atoms with Gasteiger partial charge in [-0.05, 0) is 37.4 Å². The molecule has 0 radical (unpaired) electrons. The number of fused-ring (bicyclic) bond motifs is 1. The number of hydrogen-bond acceptors (Lipinski definition) is 4. The molecule has 6 nitrogen and oxygen atoms in total. The molecule has 6 heteroatoms. The Balaban J connectivity index is 1.40. The topological polar surface area (TPSA) is 70.0 Å². The summed E-state index contributed by atoms with van der Waals surface area (Å²) in [6, 6.07) is 6.33. The number of nitrogens with one attached hydrogen (secondary N) is 1. The molecule has 24 heavy (non-hydrogen) atoms. The van der Waals surface area contributed by atoms with Gasteiger partial charge in [-0.3, -0.25) is 10.00 Å². The van der Waals surface area contributed by atoms with Crippen molar-refractivity contribution in [2.24, 2.45) is 13.0 Å². The number of aliphatic hydroxyl groups is 1. The van der Waals surface area contributed by atoms with Gasteiger partial charge in [0, 0.05) is 31.4 Å². The Hall–Kier alpha value is -2.18. The standard InChI is InChI=1S/C18H23N5O/c1-22-10-7-19-18(22)17(24)13-5-8-23(9-6-13)12-15-4-2-3-14-11-20-21-16(14)15/h2-4,7,10-11,13,17,24H,5-6,8-9,12H2,1H3,(H,20,21). The molecule has 0 saturated carbocycles. The predicted molar refractivity (Wildman–Crippen MR) is 92.3 cm³/mol. The molecule has 2 aromatic heterocycles. The number of aryl methyl sites for hydroxylation is 1. The van der Waals surface area contributed by atoms with Crippen molar-refractivity contribution in [3.8, 4) is 0 Å². The minimum Gasteiger partial charge on any atom is -0.385 e. The van der Waals surface area contributed by atoms with Crippen LogP contribution in [0.4, 0.5) is 0 Å². The fraction of sp³-hybridized carbons (Fsp3) is 0.444. The van der Waals surface area contributed by atoms with Crippen LogP contribution < -0.4 is 0 Å². The monoisotopic (exact) mass is 325 g/mol. The summed E-state index contributed by atoms with van der Waals surface area (Å²) >= 11 is 0. The van der Waals surface area contributed by atoms with E-state index in [1.54, 1.807) is 6.20 Å². The molecule has 0 bridgehead atoms. The van der Waals surface area contributed by atoms with E-state index in [0.29, 0.717) is 0 Å². The highest BCUT2D eigenvalue weighted by Gasteiger charge is 2.28. The second-order valence-corrected chi connectivity index (χ2v) is 6.71. The lowest BCUT2D eigenvalue weighted by molar-refractivity contribution is 0.0493. The highest BCUT2D eigenvalue weighted by Crippen LogP contribution is 2.30. The van der Waals surface area contributed by atoms with Crippen LogP contribution in [0.25, 0.3) is 10.9 Å². The van der Waals surface area contributed by atoms with E-state index in [1.165, 1.54) is 5.56 Å². The average molecular weight is 325 g/mol. The number of imidazole rings is 1. The van der Waals surface area contributed by atoms with Crippen LogP contribution in [0.1, 0.15) is 30.3 Å². The summed E-state index contributed by atoms with van der Waals surface area (Å²) < 4.78 is 1.91. The van der Waals surface area contributed by atoms with Gasteiger partial charge in [0.15, 0.2) is 0 Å². The first-order valence-electron chi connectivity index (χ1n) is 8.51. The molecule has 1 aliphatic heterocycles. The van der Waals surface area contributed by atoms with Gasteiger partial charge in [0.05, 0.1) is 11.7 Å². The van der Waals surface area contributed by atoms with E-state index in [9.17, 15) is 5.11 Å². The fourth-order valence-corrected chi connectivity index (χ4v) is 3.70. The van der Waals surface area contributed by atoms with Gasteiger partial charge in [0.1, 0.15) is 11.9 Å². The third kappa shape index (κ3) is 2.83. The summed E-state index contributed by atoms with van der Waals surface area (Å²) in [6.45, 7) is 2.91. The Labute approximate surface area is 141 Å². The van der Waals surface area contributed by atoms with E-state index in [1.807, 2.05) is 24.0 Å². The third-order valence-corrected chi connectivity index (χ3v) is 5.16. The predicted octanol–water partition coefficient (Wildman–Crippen LogP) is 2.24. The van der Waals surface area contributed by atoms with Crippen LogP contribution in [-0.2, 0) is 13.6 Å². The van der Waals surface area contributed by atoms with E-state index in [0.717, 1.165) is 49.2 Å². The van der Waals surface area contributed by atoms with Crippen LogP contribution in [0.5, 0.6) is 0 Å². The Morgan fingerprint density at radius 2 is 2.17 bits per heavy atom. The van der Waals surface area contributed by atoms with E-state index < -0.39 is 6.10 Å². The molecule has 1 aliphatic rings. The molecular formula is C18H23N5O. The van der Waals surface area contributed by atoms with Crippen molar-refractivity contribution in [1.29, 1.82) is 0 Å². The normalized spacial score (nSPS) is 18.2. The van der Waals surface area contributed by atoms with Crippen LogP contribution in [0.15, 0.2) is 36.8 Å². The highest BCUT2D eigenvalue weighted by atomic mass is 16.3. The van der Waals surface area contributed by atoms with Crippen LogP contribution in [0.2, 0.25) is 0 Å². The summed E-state index contributed by atoms with van der Waals surface area (Å²) in [4.78, 5) is 6.75. The lowest BCUT2D eigenvalue weighted by Crippen LogP contribution is -2.35. The van der Waals surface area contributed by atoms with Crippen molar-refractivity contribution < 1.29 is 5.11 Å². The van der Waals surface area contributed by atoms with Crippen molar-refractivity contribution in [2.45, 2.75) is 25.5 Å². The van der Waals surface area contributed by atoms with Gasteiger partial charge in [0.25, 0.3) is 0 Å². The lowest BCUT2D eigenvalue weighted by Gasteiger charge is -2.34. The maximum absolute atomic E-state index is 10.6. The molecule has 4 rings (SSSR count). The van der Waals surface area contributed by atoms with Gasteiger partial charge in [-0.25, -0.2) is 4.98 Å². The smallest absolute Gasteiger partial charge is 0.137 e. The fourth-order valence-electron chi connectivity index (χ4n) is 3.70. The van der Waals surface area contributed by atoms with Crippen molar-refractivity contribution in [3.05, 3.63) is 48.2 Å². The number of likely N-dealkylation sites (tertiary alicyclic amines) is 1. The molecule has 0 aliphatic carbocycles. The van der Waals surface area contributed by atoms with E-state index in [-0.39, 0.29) is 5.92 Å². The molecule has 1 atom stereocenters. The van der Waals surface area contributed by atoms with Gasteiger partial charge in [-0.1, -0.05) is 18.2 Å². The van der Waals surface area contributed by atoms with E-state index >= 15 is 0 Å². The molecule has 2 N–H and O–H groups in total. The number of para-hydroxylation sites is 1. The molecule has 1 aromatic carbocycles. The summed E-state index contributed by atoms with van der Waals surface area (Å²) in [5.41, 5.74) is 2.42. The Bertz CT molecular complexity index is 816. The van der Waals surface area contributed by atoms with Gasteiger partial charge in [-0.15, -0.1) is 0 Å². The molecule has 1 unspecified atom stereocenters. The van der Waals surface area contributed by atoms with Crippen LogP contribution in [-0.4, -0.2) is 42.8 Å². The van der Waals surface area contributed by atoms with E-state index in [4.69, 9.17) is 0 Å². The maximum atomic E-state index is 10.6. The largest absolute Gasteiger partial charge is 0.385 e. The van der Waals surface area contributed by atoms with Gasteiger partial charge >= 0.3 is 0 Å². The quantitative estimate of drug-likeness (QED) is 0.772. The molecule has 1 saturated heterocycles. The second kappa shape index (κ2) is 6.37. The first-order chi connectivity index (χ1) is 11.7. The number of aromatic nitrogens is 4. The summed E-state index contributed by atoms with van der Waals surface area (Å²) in [6.07, 6.45) is 7.02. The number of aliphatic hydroxyl groups excluding tert-OH is 1. The molecule has 3 aromatic rings. The molecule has 0 spiro atoms. The first kappa shape index (κ1) is 15.4. The third-order valence-electron chi connectivity index (χ3n) is 5.16. The van der Waals surface area contributed by atoms with Crippen molar-refractivity contribution in [1.82, 2.24) is 24.6 Å². The lowest BCUT2D eigenvalue weighted by atomic mass is 9.90. The number of hydrogen-bond donors (Lipinski definition) is 2. The summed E-state index contributed by atoms with van der Waals surface area (Å²) in [5.74, 6) is 1.06.